The monoisotopic (exact) mass is 261 g/mol. The van der Waals surface area contributed by atoms with Gasteiger partial charge >= 0.3 is 0 Å². The van der Waals surface area contributed by atoms with Crippen LogP contribution in [0.15, 0.2) is 6.07 Å². The molecule has 1 aromatic rings. The first-order chi connectivity index (χ1) is 9.33. The summed E-state index contributed by atoms with van der Waals surface area (Å²) in [7, 11) is 0. The molecule has 1 N–H and O–H groups in total. The van der Waals surface area contributed by atoms with Gasteiger partial charge < -0.3 is 5.32 Å². The van der Waals surface area contributed by atoms with Crippen LogP contribution in [0.4, 0.5) is 5.82 Å². The smallest absolute Gasteiger partial charge is 0.134 e. The molecule has 0 aliphatic heterocycles. The van der Waals surface area contributed by atoms with Gasteiger partial charge in [-0.25, -0.2) is 9.97 Å². The van der Waals surface area contributed by atoms with Crippen LogP contribution in [0.5, 0.6) is 0 Å². The Bertz CT molecular complexity index is 384. The van der Waals surface area contributed by atoms with Crippen LogP contribution < -0.4 is 5.32 Å². The summed E-state index contributed by atoms with van der Waals surface area (Å²) in [5.74, 6) is 2.71. The van der Waals surface area contributed by atoms with E-state index in [0.29, 0.717) is 5.92 Å². The second-order valence-electron chi connectivity index (χ2n) is 5.61. The van der Waals surface area contributed by atoms with Gasteiger partial charge in [0.25, 0.3) is 0 Å². The highest BCUT2D eigenvalue weighted by Crippen LogP contribution is 2.31. The van der Waals surface area contributed by atoms with Crippen molar-refractivity contribution in [2.45, 2.75) is 71.1 Å². The largest absolute Gasteiger partial charge is 0.370 e. The summed E-state index contributed by atoms with van der Waals surface area (Å²) in [6.07, 6.45) is 9.93. The fourth-order valence-corrected chi connectivity index (χ4v) is 2.79. The number of anilines is 1. The van der Waals surface area contributed by atoms with E-state index in [1.54, 1.807) is 0 Å². The van der Waals surface area contributed by atoms with E-state index in [4.69, 9.17) is 9.97 Å². The minimum Gasteiger partial charge on any atom is -0.370 e. The minimum atomic E-state index is 0.590. The van der Waals surface area contributed by atoms with E-state index in [9.17, 15) is 0 Å². The Morgan fingerprint density at radius 3 is 2.58 bits per heavy atom. The highest BCUT2D eigenvalue weighted by atomic mass is 15.0. The third-order valence-electron chi connectivity index (χ3n) is 3.83. The van der Waals surface area contributed by atoms with Gasteiger partial charge in [0.2, 0.25) is 0 Å². The van der Waals surface area contributed by atoms with Crippen LogP contribution in [0.1, 0.15) is 76.2 Å². The van der Waals surface area contributed by atoms with Gasteiger partial charge in [-0.1, -0.05) is 39.5 Å². The van der Waals surface area contributed by atoms with Gasteiger partial charge in [0, 0.05) is 24.2 Å². The van der Waals surface area contributed by atoms with Crippen LogP contribution in [0.2, 0.25) is 0 Å². The van der Waals surface area contributed by atoms with Gasteiger partial charge in [0.15, 0.2) is 0 Å². The molecule has 1 aromatic heterocycles. The molecule has 1 aliphatic carbocycles. The van der Waals surface area contributed by atoms with Gasteiger partial charge in [-0.05, 0) is 25.7 Å². The van der Waals surface area contributed by atoms with Crippen molar-refractivity contribution in [3.05, 3.63) is 17.6 Å². The van der Waals surface area contributed by atoms with Gasteiger partial charge in [0.05, 0.1) is 0 Å². The molecule has 0 spiro atoms. The number of nitrogens with zero attached hydrogens (tertiary/aromatic N) is 2. The van der Waals surface area contributed by atoms with E-state index in [1.807, 2.05) is 0 Å². The van der Waals surface area contributed by atoms with Crippen LogP contribution in [0.25, 0.3) is 0 Å². The topological polar surface area (TPSA) is 37.8 Å². The van der Waals surface area contributed by atoms with E-state index in [-0.39, 0.29) is 0 Å². The van der Waals surface area contributed by atoms with Crippen molar-refractivity contribution in [1.29, 1.82) is 0 Å². The Balaban J connectivity index is 2.17. The van der Waals surface area contributed by atoms with Crippen molar-refractivity contribution in [2.75, 3.05) is 11.9 Å². The zero-order valence-corrected chi connectivity index (χ0v) is 12.4. The zero-order valence-electron chi connectivity index (χ0n) is 12.4. The average molecular weight is 261 g/mol. The lowest BCUT2D eigenvalue weighted by molar-refractivity contribution is 0.428. The molecule has 106 valence electrons. The molecule has 2 rings (SSSR count). The van der Waals surface area contributed by atoms with E-state index in [2.05, 4.69) is 25.2 Å². The molecule has 0 aromatic carbocycles. The summed E-state index contributed by atoms with van der Waals surface area (Å²) in [4.78, 5) is 9.56. The van der Waals surface area contributed by atoms with Crippen molar-refractivity contribution in [3.63, 3.8) is 0 Å². The predicted octanol–water partition coefficient (Wildman–Crippen LogP) is 4.30. The van der Waals surface area contributed by atoms with Crippen molar-refractivity contribution in [1.82, 2.24) is 9.97 Å². The van der Waals surface area contributed by atoms with Gasteiger partial charge in [0.1, 0.15) is 11.6 Å². The highest BCUT2D eigenvalue weighted by molar-refractivity contribution is 5.36. The average Bonchev–Trinajstić information content (AvgIpc) is 2.46. The van der Waals surface area contributed by atoms with Crippen molar-refractivity contribution in [2.24, 2.45) is 0 Å². The summed E-state index contributed by atoms with van der Waals surface area (Å²) in [5.41, 5.74) is 1.21. The van der Waals surface area contributed by atoms with Crippen LogP contribution in [-0.4, -0.2) is 16.5 Å². The first kappa shape index (κ1) is 14.3. The number of nitrogens with one attached hydrogen (secondary N) is 1. The summed E-state index contributed by atoms with van der Waals surface area (Å²) < 4.78 is 0. The van der Waals surface area contributed by atoms with Gasteiger partial charge in [-0.3, -0.25) is 0 Å². The zero-order chi connectivity index (χ0) is 13.5. The molecular formula is C16H27N3. The van der Waals surface area contributed by atoms with E-state index >= 15 is 0 Å². The van der Waals surface area contributed by atoms with Crippen LogP contribution in [-0.2, 0) is 6.42 Å². The quantitative estimate of drug-likeness (QED) is 0.829. The number of hydrogen-bond acceptors (Lipinski definition) is 3. The molecule has 0 atom stereocenters. The second kappa shape index (κ2) is 7.46. The Morgan fingerprint density at radius 1 is 1.11 bits per heavy atom. The first-order valence-corrected chi connectivity index (χ1v) is 7.95. The third-order valence-corrected chi connectivity index (χ3v) is 3.83. The summed E-state index contributed by atoms with van der Waals surface area (Å²) in [6, 6.07) is 2.13. The normalized spacial score (nSPS) is 16.5. The molecular weight excluding hydrogens is 234 g/mol. The number of aryl methyl sites for hydroxylation is 1. The summed E-state index contributed by atoms with van der Waals surface area (Å²) in [5, 5.41) is 3.42. The lowest BCUT2D eigenvalue weighted by atomic mass is 9.88. The Labute approximate surface area is 117 Å². The maximum atomic E-state index is 4.80. The number of hydrogen-bond donors (Lipinski definition) is 1. The van der Waals surface area contributed by atoms with Crippen LogP contribution in [0, 0.1) is 0 Å². The second-order valence-corrected chi connectivity index (χ2v) is 5.61. The lowest BCUT2D eigenvalue weighted by Gasteiger charge is -2.21. The maximum absolute atomic E-state index is 4.80. The Morgan fingerprint density at radius 2 is 1.89 bits per heavy atom. The molecule has 3 nitrogen and oxygen atoms in total. The molecule has 1 aliphatic rings. The van der Waals surface area contributed by atoms with E-state index in [1.165, 1.54) is 37.8 Å². The van der Waals surface area contributed by atoms with Crippen molar-refractivity contribution in [3.8, 4) is 0 Å². The Hall–Kier alpha value is -1.12. The van der Waals surface area contributed by atoms with Crippen molar-refractivity contribution < 1.29 is 0 Å². The molecule has 0 amide bonds. The van der Waals surface area contributed by atoms with E-state index < -0.39 is 0 Å². The molecule has 0 saturated heterocycles. The molecule has 1 heterocycles. The Kier molecular flexibility index (Phi) is 5.62. The van der Waals surface area contributed by atoms with E-state index in [0.717, 1.165) is 37.4 Å². The predicted molar refractivity (Wildman–Crippen MR) is 80.6 cm³/mol. The SMILES string of the molecule is CCCNc1cc(CCC)nc(C2CCCCC2)n1. The summed E-state index contributed by atoms with van der Waals surface area (Å²) in [6.45, 7) is 5.39. The van der Waals surface area contributed by atoms with Gasteiger partial charge in [-0.15, -0.1) is 0 Å². The van der Waals surface area contributed by atoms with Gasteiger partial charge in [-0.2, -0.15) is 0 Å². The molecule has 0 bridgehead atoms. The fourth-order valence-electron chi connectivity index (χ4n) is 2.79. The standard InChI is InChI=1S/C16H27N3/c1-3-8-14-12-15(17-11-4-2)19-16(18-14)13-9-6-5-7-10-13/h12-13H,3-11H2,1-2H3,(H,17,18,19). The number of rotatable bonds is 6. The minimum absolute atomic E-state index is 0.590. The lowest BCUT2D eigenvalue weighted by Crippen LogP contribution is -2.13. The van der Waals surface area contributed by atoms with Crippen LogP contribution in [0.3, 0.4) is 0 Å². The maximum Gasteiger partial charge on any atom is 0.134 e. The van der Waals surface area contributed by atoms with Crippen LogP contribution >= 0.6 is 0 Å². The third kappa shape index (κ3) is 4.19. The summed E-state index contributed by atoms with van der Waals surface area (Å²) >= 11 is 0. The first-order valence-electron chi connectivity index (χ1n) is 7.95. The molecule has 0 radical (unpaired) electrons. The number of aromatic nitrogens is 2. The van der Waals surface area contributed by atoms with Crippen molar-refractivity contribution >= 4 is 5.82 Å². The molecule has 1 saturated carbocycles. The highest BCUT2D eigenvalue weighted by Gasteiger charge is 2.19. The molecule has 0 unspecified atom stereocenters. The molecule has 3 heteroatoms. The molecule has 1 fully saturated rings. The fraction of sp³-hybridized carbons (Fsp3) is 0.750. The molecule has 19 heavy (non-hydrogen) atoms.